The molecule has 4 bridgehead atoms. The van der Waals surface area contributed by atoms with Crippen molar-refractivity contribution in [2.75, 3.05) is 27.2 Å². The van der Waals surface area contributed by atoms with Crippen molar-refractivity contribution in [3.63, 3.8) is 0 Å². The molecule has 416 valence electrons. The molecule has 0 spiro atoms. The van der Waals surface area contributed by atoms with Gasteiger partial charge in [0.1, 0.15) is 17.9 Å². The fraction of sp³-hybridized carbons (Fsp3) is 0.667. The predicted octanol–water partition coefficient (Wildman–Crippen LogP) is 5.75. The summed E-state index contributed by atoms with van der Waals surface area (Å²) in [4.78, 5) is 119. The molecule has 16 nitrogen and oxygen atoms in total. The standard InChI is InChI=1S/C60H88N8O8/c1-35(41-19-15-13-16-20-41)23-49(70)46-25-43(32-67(46)54(74)50(58(8,9)10)66-51(71)38(4)62-12)64-55(75)59-28-39-24-40(29-59)31-60(30-39,34-59)56(76)65-44-26-47(52(72)63-36(2)42-21-17-14-18-22-42)68(33-44)53(73)45(57(5,6)7)27-48(69)37(3)61-11/h13-22,35-40,43-47,50,61-62H,23-34H2,1-12H3,(H,63,72)(H,64,75)(H,65,76)(H,66,71)/t35-,36+,37-,38-,39?,40?,43-,44-,45+,46-,47-,50+,59?,60?/m0/s1. The number of hydrogen-bond acceptors (Lipinski definition) is 10. The molecule has 2 saturated heterocycles. The fourth-order valence-corrected chi connectivity index (χ4v) is 13.6. The maximum atomic E-state index is 15.1. The highest BCUT2D eigenvalue weighted by molar-refractivity contribution is 5.96. The van der Waals surface area contributed by atoms with Crippen LogP contribution in [0.1, 0.15) is 157 Å². The number of benzene rings is 2. The van der Waals surface area contributed by atoms with E-state index in [-0.39, 0.29) is 110 Å². The molecule has 2 aromatic carbocycles. The van der Waals surface area contributed by atoms with Crippen LogP contribution in [-0.2, 0) is 38.4 Å². The van der Waals surface area contributed by atoms with Gasteiger partial charge in [0.05, 0.1) is 35.0 Å². The van der Waals surface area contributed by atoms with Gasteiger partial charge in [0.2, 0.25) is 35.4 Å². The number of hydrogen-bond donors (Lipinski definition) is 6. The first-order valence-corrected chi connectivity index (χ1v) is 28.0. The molecule has 2 heterocycles. The van der Waals surface area contributed by atoms with Gasteiger partial charge in [-0.05, 0) is 126 Å². The number of nitrogens with one attached hydrogen (secondary N) is 6. The number of carbonyl (C=O) groups is 8. The number of Topliss-reactive ketones (excluding diaryl/α,β-unsaturated/α-hetero) is 2. The van der Waals surface area contributed by atoms with Crippen LogP contribution in [0.2, 0.25) is 0 Å². The Morgan fingerprint density at radius 1 is 0.592 bits per heavy atom. The van der Waals surface area contributed by atoms with E-state index in [1.807, 2.05) is 116 Å². The van der Waals surface area contributed by atoms with Crippen molar-refractivity contribution in [1.29, 1.82) is 0 Å². The molecule has 8 rings (SSSR count). The third kappa shape index (κ3) is 12.8. The number of amides is 6. The first-order valence-electron chi connectivity index (χ1n) is 28.0. The van der Waals surface area contributed by atoms with Crippen molar-refractivity contribution in [3.05, 3.63) is 71.8 Å². The molecule has 76 heavy (non-hydrogen) atoms. The van der Waals surface area contributed by atoms with Crippen LogP contribution in [-0.4, -0.2) is 126 Å². The summed E-state index contributed by atoms with van der Waals surface area (Å²) in [5, 5.41) is 18.7. The summed E-state index contributed by atoms with van der Waals surface area (Å²) in [5.41, 5.74) is -1.11. The predicted molar refractivity (Wildman–Crippen MR) is 292 cm³/mol. The van der Waals surface area contributed by atoms with E-state index in [0.29, 0.717) is 32.1 Å². The number of likely N-dealkylation sites (N-methyl/N-ethyl adjacent to an activating group) is 2. The second-order valence-corrected chi connectivity index (χ2v) is 25.9. The Kier molecular flexibility index (Phi) is 17.8. The van der Waals surface area contributed by atoms with E-state index in [1.165, 1.54) is 0 Å². The van der Waals surface area contributed by atoms with E-state index in [9.17, 15) is 28.8 Å². The van der Waals surface area contributed by atoms with Gasteiger partial charge in [-0.2, -0.15) is 0 Å². The first-order chi connectivity index (χ1) is 35.7. The van der Waals surface area contributed by atoms with E-state index in [0.717, 1.165) is 17.5 Å². The quantitative estimate of drug-likeness (QED) is 0.0945. The lowest BCUT2D eigenvalue weighted by atomic mass is 9.43. The molecular weight excluding hydrogens is 961 g/mol. The van der Waals surface area contributed by atoms with Crippen LogP contribution in [0.25, 0.3) is 0 Å². The van der Waals surface area contributed by atoms with Gasteiger partial charge in [-0.1, -0.05) is 109 Å². The minimum absolute atomic E-state index is 0.00572. The van der Waals surface area contributed by atoms with E-state index in [4.69, 9.17) is 0 Å². The summed E-state index contributed by atoms with van der Waals surface area (Å²) in [5.74, 6) is -2.48. The Morgan fingerprint density at radius 2 is 1.08 bits per heavy atom. The van der Waals surface area contributed by atoms with E-state index >= 15 is 9.59 Å². The van der Waals surface area contributed by atoms with Crippen LogP contribution in [0, 0.1) is 39.4 Å². The van der Waals surface area contributed by atoms with Gasteiger partial charge >= 0.3 is 0 Å². The maximum Gasteiger partial charge on any atom is 0.246 e. The summed E-state index contributed by atoms with van der Waals surface area (Å²) in [6.07, 6.45) is 4.37. The lowest BCUT2D eigenvalue weighted by Gasteiger charge is -2.60. The minimum atomic E-state index is -0.947. The van der Waals surface area contributed by atoms with Crippen molar-refractivity contribution in [2.45, 2.75) is 188 Å². The molecule has 6 amide bonds. The Labute approximate surface area is 451 Å². The zero-order chi connectivity index (χ0) is 55.7. The molecule has 2 unspecified atom stereocenters. The normalized spacial score (nSPS) is 28.4. The summed E-state index contributed by atoms with van der Waals surface area (Å²) in [6, 6.07) is 14.2. The molecule has 4 saturated carbocycles. The molecule has 6 N–H and O–H groups in total. The average molecular weight is 1050 g/mol. The molecule has 6 aliphatic rings. The van der Waals surface area contributed by atoms with Crippen LogP contribution in [0.4, 0.5) is 0 Å². The van der Waals surface area contributed by atoms with E-state index in [2.05, 4.69) is 31.9 Å². The van der Waals surface area contributed by atoms with Gasteiger partial charge in [0.25, 0.3) is 0 Å². The third-order valence-corrected chi connectivity index (χ3v) is 18.0. The van der Waals surface area contributed by atoms with Gasteiger partial charge in [-0.25, -0.2) is 0 Å². The number of nitrogens with zero attached hydrogens (tertiary/aromatic N) is 2. The fourth-order valence-electron chi connectivity index (χ4n) is 13.6. The van der Waals surface area contributed by atoms with Crippen LogP contribution < -0.4 is 31.9 Å². The number of likely N-dealkylation sites (tertiary alicyclic amines) is 2. The van der Waals surface area contributed by atoms with Crippen molar-refractivity contribution in [2.24, 2.45) is 39.4 Å². The topological polar surface area (TPSA) is 215 Å². The largest absolute Gasteiger partial charge is 0.351 e. The zero-order valence-electron chi connectivity index (χ0n) is 47.3. The third-order valence-electron chi connectivity index (χ3n) is 18.0. The zero-order valence-corrected chi connectivity index (χ0v) is 47.3. The van der Waals surface area contributed by atoms with Gasteiger partial charge in [-0.3, -0.25) is 38.4 Å². The average Bonchev–Trinajstić information content (AvgIpc) is 4.00. The minimum Gasteiger partial charge on any atom is -0.351 e. The number of ketones is 2. The molecule has 6 fully saturated rings. The summed E-state index contributed by atoms with van der Waals surface area (Å²) < 4.78 is 0. The highest BCUT2D eigenvalue weighted by atomic mass is 16.2. The maximum absolute atomic E-state index is 15.1. The van der Waals surface area contributed by atoms with Crippen LogP contribution in [0.15, 0.2) is 60.7 Å². The second kappa shape index (κ2) is 23.2. The lowest BCUT2D eigenvalue weighted by molar-refractivity contribution is -0.168. The highest BCUT2D eigenvalue weighted by Crippen LogP contribution is 2.65. The smallest absolute Gasteiger partial charge is 0.246 e. The van der Waals surface area contributed by atoms with E-state index in [1.54, 1.807) is 37.7 Å². The summed E-state index contributed by atoms with van der Waals surface area (Å²) in [6.45, 7) is 19.0. The Balaban J connectivity index is 1.11. The van der Waals surface area contributed by atoms with Gasteiger partial charge in [0.15, 0.2) is 5.78 Å². The van der Waals surface area contributed by atoms with Crippen LogP contribution in [0.3, 0.4) is 0 Å². The number of rotatable bonds is 20. The van der Waals surface area contributed by atoms with E-state index < -0.39 is 69.9 Å². The molecule has 12 atom stereocenters. The van der Waals surface area contributed by atoms with Crippen molar-refractivity contribution in [3.8, 4) is 0 Å². The molecule has 4 aliphatic carbocycles. The Bertz CT molecular complexity index is 2290. The van der Waals surface area contributed by atoms with Crippen LogP contribution >= 0.6 is 0 Å². The molecule has 0 aromatic heterocycles. The molecule has 2 aliphatic heterocycles. The van der Waals surface area contributed by atoms with Gasteiger partial charge in [0, 0.05) is 43.9 Å². The Morgan fingerprint density at radius 3 is 1.57 bits per heavy atom. The van der Waals surface area contributed by atoms with Crippen molar-refractivity contribution < 1.29 is 38.4 Å². The van der Waals surface area contributed by atoms with Gasteiger partial charge in [-0.15, -0.1) is 0 Å². The summed E-state index contributed by atoms with van der Waals surface area (Å²) in [7, 11) is 3.38. The SMILES string of the molecule is CN[C@@H](C)C(=O)C[C@H](C(=O)N1C[C@@H](NC(=O)C23CC4CC(C2)CC(C(=O)N[C@H]2C[C@@H](C(=O)C[C@H](C)c5ccccc5)N(C(=O)[C@@H](NC(=O)[C@H](C)NC)C(C)(C)C)C2)(C4)C3)C[C@H]1C(=O)N[C@H](C)c1ccccc1)C(C)(C)C. The number of carbonyl (C=O) groups excluding carboxylic acids is 8. The van der Waals surface area contributed by atoms with Crippen LogP contribution in [0.5, 0.6) is 0 Å². The monoisotopic (exact) mass is 1050 g/mol. The molecule has 16 heteroatoms. The molecule has 2 aromatic rings. The molecular formula is C60H88N8O8. The first kappa shape index (κ1) is 58.2. The Hall–Kier alpha value is -5.48. The highest BCUT2D eigenvalue weighted by Gasteiger charge is 2.64. The van der Waals surface area contributed by atoms with Gasteiger partial charge < -0.3 is 41.7 Å². The second-order valence-electron chi connectivity index (χ2n) is 25.9. The summed E-state index contributed by atoms with van der Waals surface area (Å²) >= 11 is 0. The lowest BCUT2D eigenvalue weighted by Crippen LogP contribution is -2.63. The van der Waals surface area contributed by atoms with Crippen molar-refractivity contribution >= 4 is 47.0 Å². The van der Waals surface area contributed by atoms with Crippen molar-refractivity contribution in [1.82, 2.24) is 41.7 Å². The molecule has 0 radical (unpaired) electrons.